The van der Waals surface area contributed by atoms with Gasteiger partial charge in [-0.05, 0) is 0 Å². The van der Waals surface area contributed by atoms with E-state index in [2.05, 4.69) is 6.92 Å². The molecule has 0 aromatic rings. The summed E-state index contributed by atoms with van der Waals surface area (Å²) < 4.78 is 5.40. The van der Waals surface area contributed by atoms with E-state index in [0.29, 0.717) is 0 Å². The van der Waals surface area contributed by atoms with Crippen molar-refractivity contribution in [2.75, 3.05) is 0 Å². The molecular weight excluding hydrogens is 135 g/mol. The van der Waals surface area contributed by atoms with E-state index in [1.54, 1.807) is 0 Å². The van der Waals surface area contributed by atoms with Crippen LogP contribution in [0.1, 0.15) is 22.6 Å². The quantitative estimate of drug-likeness (QED) is 0.459. The first-order valence-electron chi connectivity index (χ1n) is 2.62. The van der Waals surface area contributed by atoms with Crippen molar-refractivity contribution in [1.29, 1.82) is 0 Å². The van der Waals surface area contributed by atoms with Gasteiger partial charge in [-0.2, -0.15) is 0 Å². The predicted octanol–water partition coefficient (Wildman–Crippen LogP) is 0.472. The number of hydrogen-bond donors (Lipinski definition) is 1. The molecule has 6 heavy (non-hydrogen) atoms. The number of hydrogen-bond acceptors (Lipinski definition) is 1. The zero-order valence-corrected chi connectivity index (χ0v) is 7.37. The van der Waals surface area contributed by atoms with Crippen LogP contribution >= 0.6 is 0 Å². The van der Waals surface area contributed by atoms with Gasteiger partial charge in [-0.15, -0.1) is 0 Å². The molecule has 0 saturated carbocycles. The molecule has 0 radical (unpaired) electrons. The van der Waals surface area contributed by atoms with Crippen LogP contribution in [0.4, 0.5) is 0 Å². The van der Waals surface area contributed by atoms with E-state index < -0.39 is 15.7 Å². The topological polar surface area (TPSA) is 26.0 Å². The second-order valence-corrected chi connectivity index (χ2v) is 4.19. The monoisotopic (exact) mass is 151 g/mol. The maximum atomic E-state index is 5.40. The van der Waals surface area contributed by atoms with E-state index >= 15 is 0 Å². The van der Waals surface area contributed by atoms with Gasteiger partial charge >= 0.3 is 45.4 Å². The average Bonchev–Trinajstić information content (AvgIpc) is 1.61. The fraction of sp³-hybridized carbons (Fsp3) is 1.00. The van der Waals surface area contributed by atoms with Crippen molar-refractivity contribution in [2.24, 2.45) is 4.69 Å². The van der Waals surface area contributed by atoms with Gasteiger partial charge in [0.05, 0.1) is 0 Å². The normalized spacial score (nSPS) is 11.0. The molecule has 0 aromatic carbocycles. The van der Waals surface area contributed by atoms with Crippen molar-refractivity contribution in [2.45, 2.75) is 25.0 Å². The van der Waals surface area contributed by atoms with Gasteiger partial charge in [0.1, 0.15) is 0 Å². The van der Waals surface area contributed by atoms with Gasteiger partial charge in [-0.25, -0.2) is 0 Å². The predicted molar refractivity (Wildman–Crippen MR) is 34.7 cm³/mol. The maximum absolute atomic E-state index is 5.40. The molecule has 2 heteroatoms. The van der Waals surface area contributed by atoms with Crippen LogP contribution in [-0.2, 0) is 0 Å². The van der Waals surface area contributed by atoms with Crippen LogP contribution < -0.4 is 4.69 Å². The fourth-order valence-electron chi connectivity index (χ4n) is 0.394. The molecule has 2 N–H and O–H groups in total. The summed E-state index contributed by atoms with van der Waals surface area (Å²) in [5.41, 5.74) is 0. The zero-order valence-electron chi connectivity index (χ0n) is 6.41. The molecule has 0 rings (SSSR count). The first kappa shape index (κ1) is 6.50. The van der Waals surface area contributed by atoms with Crippen LogP contribution in [0.5, 0.6) is 0 Å². The van der Waals surface area contributed by atoms with Gasteiger partial charge in [-0.3, -0.25) is 0 Å². The van der Waals surface area contributed by atoms with Gasteiger partial charge < -0.3 is 2.85 Å². The van der Waals surface area contributed by atoms with Crippen molar-refractivity contribution < 1.29 is 2.85 Å². The fourth-order valence-corrected chi connectivity index (χ4v) is 2.05. The Kier molecular flexibility index (Phi) is 5.96. The Balaban J connectivity index is -0.000000125. The van der Waals surface area contributed by atoms with E-state index in [1.807, 2.05) is 0 Å². The van der Waals surface area contributed by atoms with Gasteiger partial charge in [0, 0.05) is 0 Å². The summed E-state index contributed by atoms with van der Waals surface area (Å²) >= 11 is -0.430. The maximum Gasteiger partial charge on any atom is -1.00 e. The first-order valence-corrected chi connectivity index (χ1v) is 6.43. The molecule has 0 fully saturated rings. The number of unbranched alkanes of at least 4 members (excludes halogenated alkanes) is 1. The van der Waals surface area contributed by atoms with Gasteiger partial charge in [0.2, 0.25) is 0 Å². The first-order chi connectivity index (χ1) is 2.91. The number of rotatable bonds is 3. The number of nitrogens with two attached hydrogens (primary N) is 1. The van der Waals surface area contributed by atoms with Crippen LogP contribution in [0.25, 0.3) is 0 Å². The second kappa shape index (κ2) is 5.50. The molecule has 1 nitrogen and oxygen atoms in total. The van der Waals surface area contributed by atoms with Gasteiger partial charge in [-0.1, -0.05) is 0 Å². The van der Waals surface area contributed by atoms with Gasteiger partial charge in [0.15, 0.2) is 0 Å². The molecule has 0 spiro atoms. The molecule has 0 aliphatic rings. The van der Waals surface area contributed by atoms with Crippen molar-refractivity contribution in [3.8, 4) is 0 Å². The van der Waals surface area contributed by atoms with Crippen LogP contribution in [0.2, 0.25) is 5.25 Å². The van der Waals surface area contributed by atoms with E-state index in [9.17, 15) is 0 Å². The summed E-state index contributed by atoms with van der Waals surface area (Å²) in [6.45, 7) is 2.21. The molecule has 0 saturated heterocycles. The van der Waals surface area contributed by atoms with Crippen LogP contribution in [-0.4, -0.2) is 15.7 Å². The SMILES string of the molecule is CCC[CH2][GeH2][NH2].[H-].[H-]. The molecule has 0 atom stereocenters. The van der Waals surface area contributed by atoms with Crippen molar-refractivity contribution in [3.63, 3.8) is 0 Å². The standard InChI is InChI=1S/C4H13GeN.2H/c1-2-3-4-5-6;;/h2-6H2,1H3;;/q;2*-1. The Hall–Kier alpha value is 0.503. The van der Waals surface area contributed by atoms with E-state index in [-0.39, 0.29) is 2.85 Å². The van der Waals surface area contributed by atoms with Crippen LogP contribution in [0.15, 0.2) is 0 Å². The minimum absolute atomic E-state index is 0. The zero-order chi connectivity index (χ0) is 4.83. The van der Waals surface area contributed by atoms with E-state index in [1.165, 1.54) is 18.1 Å². The Morgan fingerprint density at radius 2 is 2.50 bits per heavy atom. The average molecular weight is 150 g/mol. The Labute approximate surface area is 49.0 Å². The Morgan fingerprint density at radius 3 is 2.67 bits per heavy atom. The minimum Gasteiger partial charge on any atom is -1.00 e. The molecule has 0 amide bonds. The molecular formula is C4H15GeN-2. The third-order valence-electron chi connectivity index (χ3n) is 0.808. The molecule has 0 aromatic heterocycles. The smallest absolute Gasteiger partial charge is 1.00 e. The Bertz CT molecular complexity index is 26.0. The van der Waals surface area contributed by atoms with E-state index in [4.69, 9.17) is 4.69 Å². The molecule has 0 unspecified atom stereocenters. The summed E-state index contributed by atoms with van der Waals surface area (Å²) in [5.74, 6) is 0. The second-order valence-electron chi connectivity index (χ2n) is 1.50. The van der Waals surface area contributed by atoms with Crippen LogP contribution in [0.3, 0.4) is 0 Å². The van der Waals surface area contributed by atoms with Crippen molar-refractivity contribution in [3.05, 3.63) is 0 Å². The molecule has 0 aliphatic heterocycles. The summed E-state index contributed by atoms with van der Waals surface area (Å²) in [7, 11) is 0. The molecule has 42 valence electrons. The summed E-state index contributed by atoms with van der Waals surface area (Å²) in [5, 5.41) is 1.38. The summed E-state index contributed by atoms with van der Waals surface area (Å²) in [6, 6.07) is 0. The van der Waals surface area contributed by atoms with Gasteiger partial charge in [0.25, 0.3) is 0 Å². The minimum atomic E-state index is -0.430. The van der Waals surface area contributed by atoms with E-state index in [0.717, 1.165) is 0 Å². The molecule has 0 heterocycles. The van der Waals surface area contributed by atoms with Crippen molar-refractivity contribution in [1.82, 2.24) is 0 Å². The summed E-state index contributed by atoms with van der Waals surface area (Å²) in [4.78, 5) is 0. The third-order valence-corrected chi connectivity index (χ3v) is 2.71. The largest absolute Gasteiger partial charge is 1.00 e. The Morgan fingerprint density at radius 1 is 1.83 bits per heavy atom. The molecule has 0 bridgehead atoms. The van der Waals surface area contributed by atoms with Crippen molar-refractivity contribution >= 4 is 15.7 Å². The molecule has 0 aliphatic carbocycles. The third kappa shape index (κ3) is 4.50. The summed E-state index contributed by atoms with van der Waals surface area (Å²) in [6.07, 6.45) is 2.69. The van der Waals surface area contributed by atoms with Crippen LogP contribution in [0, 0.1) is 0 Å².